The van der Waals surface area contributed by atoms with Gasteiger partial charge in [-0.2, -0.15) is 0 Å². The van der Waals surface area contributed by atoms with E-state index in [0.717, 1.165) is 25.3 Å². The number of aliphatic hydroxyl groups excluding tert-OH is 1. The molecule has 4 nitrogen and oxygen atoms in total. The molecule has 1 aromatic carbocycles. The number of nitrogens with one attached hydrogen (secondary N) is 1. The molecular formula is C17H23ClN2O2. The van der Waals surface area contributed by atoms with E-state index in [2.05, 4.69) is 5.32 Å². The molecule has 22 heavy (non-hydrogen) atoms. The van der Waals surface area contributed by atoms with Crippen molar-refractivity contribution in [3.05, 3.63) is 34.9 Å². The Labute approximate surface area is 136 Å². The number of rotatable bonds is 5. The number of hydrogen-bond donors (Lipinski definition) is 2. The zero-order valence-electron chi connectivity index (χ0n) is 12.7. The Kier molecular flexibility index (Phi) is 4.71. The van der Waals surface area contributed by atoms with Gasteiger partial charge in [0.1, 0.15) is 0 Å². The van der Waals surface area contributed by atoms with E-state index >= 15 is 0 Å². The molecule has 2 fully saturated rings. The normalized spacial score (nSPS) is 20.9. The lowest BCUT2D eigenvalue weighted by molar-refractivity contribution is 0.0529. The predicted octanol–water partition coefficient (Wildman–Crippen LogP) is 2.31. The van der Waals surface area contributed by atoms with Crippen LogP contribution in [0.25, 0.3) is 0 Å². The number of halogens is 1. The van der Waals surface area contributed by atoms with Crippen molar-refractivity contribution in [1.29, 1.82) is 0 Å². The molecule has 1 heterocycles. The molecule has 120 valence electrons. The number of carbonyl (C=O) groups is 1. The van der Waals surface area contributed by atoms with Crippen LogP contribution in [0.1, 0.15) is 36.0 Å². The van der Waals surface area contributed by atoms with Gasteiger partial charge in [-0.15, -0.1) is 0 Å². The van der Waals surface area contributed by atoms with Crippen LogP contribution >= 0.6 is 11.6 Å². The first kappa shape index (κ1) is 15.8. The number of amides is 1. The number of aliphatic hydroxyl groups is 1. The molecule has 5 heteroatoms. The minimum absolute atomic E-state index is 0.0243. The van der Waals surface area contributed by atoms with Gasteiger partial charge in [0.15, 0.2) is 0 Å². The first-order valence-corrected chi connectivity index (χ1v) is 8.40. The minimum atomic E-state index is -0.215. The average Bonchev–Trinajstić information content (AvgIpc) is 3.37. The van der Waals surface area contributed by atoms with Crippen LogP contribution in [0.3, 0.4) is 0 Å². The monoisotopic (exact) mass is 322 g/mol. The molecule has 3 rings (SSSR count). The Bertz CT molecular complexity index is 537. The van der Waals surface area contributed by atoms with E-state index in [1.807, 2.05) is 4.90 Å². The summed E-state index contributed by atoms with van der Waals surface area (Å²) in [7, 11) is 0. The summed E-state index contributed by atoms with van der Waals surface area (Å²) in [6, 6.07) is 7.08. The highest BCUT2D eigenvalue weighted by Gasteiger charge is 2.36. The van der Waals surface area contributed by atoms with Gasteiger partial charge in [-0.05, 0) is 56.3 Å². The summed E-state index contributed by atoms with van der Waals surface area (Å²) in [6.07, 6.45) is 4.19. The van der Waals surface area contributed by atoms with Gasteiger partial charge >= 0.3 is 0 Å². The maximum Gasteiger partial charge on any atom is 0.253 e. The Morgan fingerprint density at radius 1 is 1.36 bits per heavy atom. The molecule has 0 bridgehead atoms. The van der Waals surface area contributed by atoms with Crippen molar-refractivity contribution in [3.63, 3.8) is 0 Å². The summed E-state index contributed by atoms with van der Waals surface area (Å²) in [5.41, 5.74) is 0.420. The van der Waals surface area contributed by atoms with Gasteiger partial charge in [0.25, 0.3) is 5.91 Å². The van der Waals surface area contributed by atoms with E-state index in [4.69, 9.17) is 11.6 Å². The van der Waals surface area contributed by atoms with Crippen molar-refractivity contribution in [2.75, 3.05) is 26.2 Å². The largest absolute Gasteiger partial charge is 0.394 e. The van der Waals surface area contributed by atoms with E-state index in [1.54, 1.807) is 24.3 Å². The second kappa shape index (κ2) is 6.57. The first-order valence-electron chi connectivity index (χ1n) is 8.03. The first-order chi connectivity index (χ1) is 10.6. The van der Waals surface area contributed by atoms with Crippen LogP contribution in [-0.4, -0.2) is 47.7 Å². The fraction of sp³-hybridized carbons (Fsp3) is 0.588. The summed E-state index contributed by atoms with van der Waals surface area (Å²) < 4.78 is 0. The standard InChI is InChI=1S/C17H23ClN2O2/c18-15-3-1-2-14(10-15)16(22)20-8-6-17(12-21,7-9-20)19-11-13-4-5-13/h1-3,10,13,19,21H,4-9,11-12H2. The highest BCUT2D eigenvalue weighted by atomic mass is 35.5. The maximum atomic E-state index is 12.5. The molecule has 0 spiro atoms. The lowest BCUT2D eigenvalue weighted by atomic mass is 9.87. The Morgan fingerprint density at radius 3 is 2.68 bits per heavy atom. The van der Waals surface area contributed by atoms with Gasteiger partial charge in [0.2, 0.25) is 0 Å². The highest BCUT2D eigenvalue weighted by Crippen LogP contribution is 2.30. The molecule has 1 aliphatic carbocycles. The van der Waals surface area contributed by atoms with Crippen molar-refractivity contribution in [3.8, 4) is 0 Å². The van der Waals surface area contributed by atoms with E-state index in [1.165, 1.54) is 12.8 Å². The summed E-state index contributed by atoms with van der Waals surface area (Å²) >= 11 is 5.96. The number of carbonyl (C=O) groups excluding carboxylic acids is 1. The third-order valence-electron chi connectivity index (χ3n) is 4.84. The van der Waals surface area contributed by atoms with E-state index in [9.17, 15) is 9.90 Å². The highest BCUT2D eigenvalue weighted by molar-refractivity contribution is 6.30. The van der Waals surface area contributed by atoms with E-state index in [0.29, 0.717) is 23.7 Å². The van der Waals surface area contributed by atoms with Gasteiger partial charge in [-0.3, -0.25) is 4.79 Å². The van der Waals surface area contributed by atoms with Gasteiger partial charge < -0.3 is 15.3 Å². The third-order valence-corrected chi connectivity index (χ3v) is 5.08. The van der Waals surface area contributed by atoms with Crippen LogP contribution in [0.4, 0.5) is 0 Å². The van der Waals surface area contributed by atoms with E-state index in [-0.39, 0.29) is 18.1 Å². The number of likely N-dealkylation sites (tertiary alicyclic amines) is 1. The van der Waals surface area contributed by atoms with Crippen molar-refractivity contribution in [1.82, 2.24) is 10.2 Å². The lowest BCUT2D eigenvalue weighted by Crippen LogP contribution is -2.57. The predicted molar refractivity (Wildman–Crippen MR) is 87.1 cm³/mol. The zero-order valence-corrected chi connectivity index (χ0v) is 13.5. The summed E-state index contributed by atoms with van der Waals surface area (Å²) in [5.74, 6) is 0.811. The molecule has 0 aromatic heterocycles. The average molecular weight is 323 g/mol. The zero-order chi connectivity index (χ0) is 15.6. The molecule has 1 amide bonds. The second-order valence-electron chi connectivity index (χ2n) is 6.57. The van der Waals surface area contributed by atoms with Crippen LogP contribution in [-0.2, 0) is 0 Å². The smallest absolute Gasteiger partial charge is 0.253 e. The molecule has 1 saturated heterocycles. The van der Waals surface area contributed by atoms with Crippen LogP contribution in [0, 0.1) is 5.92 Å². The van der Waals surface area contributed by atoms with E-state index < -0.39 is 0 Å². The Hall–Kier alpha value is -1.10. The van der Waals surface area contributed by atoms with Crippen molar-refractivity contribution < 1.29 is 9.90 Å². The molecule has 0 radical (unpaired) electrons. The van der Waals surface area contributed by atoms with Crippen LogP contribution in [0.2, 0.25) is 5.02 Å². The molecular weight excluding hydrogens is 300 g/mol. The molecule has 2 N–H and O–H groups in total. The fourth-order valence-corrected chi connectivity index (χ4v) is 3.21. The maximum absolute atomic E-state index is 12.5. The molecule has 1 saturated carbocycles. The molecule has 1 aromatic rings. The van der Waals surface area contributed by atoms with Gasteiger partial charge in [0.05, 0.1) is 6.61 Å². The number of benzene rings is 1. The Balaban J connectivity index is 1.58. The van der Waals surface area contributed by atoms with Crippen LogP contribution in [0.5, 0.6) is 0 Å². The SMILES string of the molecule is O=C(c1cccc(Cl)c1)N1CCC(CO)(NCC2CC2)CC1. The molecule has 1 aliphatic heterocycles. The topological polar surface area (TPSA) is 52.6 Å². The lowest BCUT2D eigenvalue weighted by Gasteiger charge is -2.41. The Morgan fingerprint density at radius 2 is 2.09 bits per heavy atom. The van der Waals surface area contributed by atoms with Gasteiger partial charge in [-0.25, -0.2) is 0 Å². The molecule has 2 aliphatic rings. The summed E-state index contributed by atoms with van der Waals surface area (Å²) in [5, 5.41) is 13.9. The minimum Gasteiger partial charge on any atom is -0.394 e. The molecule has 0 atom stereocenters. The summed E-state index contributed by atoms with van der Waals surface area (Å²) in [6.45, 7) is 2.47. The quantitative estimate of drug-likeness (QED) is 0.874. The number of nitrogens with zero attached hydrogens (tertiary/aromatic N) is 1. The van der Waals surface area contributed by atoms with Crippen LogP contribution < -0.4 is 5.32 Å². The fourth-order valence-electron chi connectivity index (χ4n) is 3.02. The van der Waals surface area contributed by atoms with Crippen LogP contribution in [0.15, 0.2) is 24.3 Å². The third kappa shape index (κ3) is 3.62. The van der Waals surface area contributed by atoms with Gasteiger partial charge in [0, 0.05) is 29.2 Å². The summed E-state index contributed by atoms with van der Waals surface area (Å²) in [4.78, 5) is 14.4. The van der Waals surface area contributed by atoms with Crippen molar-refractivity contribution in [2.24, 2.45) is 5.92 Å². The second-order valence-corrected chi connectivity index (χ2v) is 7.00. The molecule has 0 unspecified atom stereocenters. The van der Waals surface area contributed by atoms with Gasteiger partial charge in [-0.1, -0.05) is 17.7 Å². The van der Waals surface area contributed by atoms with Crippen molar-refractivity contribution >= 4 is 17.5 Å². The number of hydrogen-bond acceptors (Lipinski definition) is 3. The van der Waals surface area contributed by atoms with Crippen molar-refractivity contribution in [2.45, 2.75) is 31.2 Å². The number of piperidine rings is 1.